The Morgan fingerprint density at radius 1 is 0.478 bits per heavy atom. The Morgan fingerprint density at radius 3 is 0.957 bits per heavy atom. The van der Waals surface area contributed by atoms with E-state index in [-0.39, 0.29) is 0 Å². The first kappa shape index (κ1) is 15.8. The molecule has 0 aliphatic carbocycles. The summed E-state index contributed by atoms with van der Waals surface area (Å²) in [6.07, 6.45) is 0. The minimum absolute atomic E-state index is 0.919. The zero-order valence-corrected chi connectivity index (χ0v) is 15.2. The van der Waals surface area contributed by atoms with Crippen LogP contribution in [0.4, 0.5) is 0 Å². The fraction of sp³-hybridized carbons (Fsp3) is 0.143. The minimum atomic E-state index is -1.60. The van der Waals surface area contributed by atoms with Crippen LogP contribution in [0.5, 0.6) is 0 Å². The Labute approximate surface area is 141 Å². The van der Waals surface area contributed by atoms with Crippen LogP contribution in [0, 0.1) is 0 Å². The molecular formula is C21H24BSi-. The molecule has 0 fully saturated rings. The lowest BCUT2D eigenvalue weighted by Gasteiger charge is -2.53. The summed E-state index contributed by atoms with van der Waals surface area (Å²) in [5.41, 5.74) is 3.47. The SMILES string of the molecule is C[Si](C)(C)[B-](c1ccccc1)(c1ccccc1)c1ccccc1. The lowest BCUT2D eigenvalue weighted by Crippen LogP contribution is -2.79. The van der Waals surface area contributed by atoms with Crippen LogP contribution < -0.4 is 16.4 Å². The molecule has 0 saturated carbocycles. The van der Waals surface area contributed by atoms with Crippen molar-refractivity contribution in [3.8, 4) is 0 Å². The van der Waals surface area contributed by atoms with Crippen molar-refractivity contribution in [3.63, 3.8) is 0 Å². The monoisotopic (exact) mass is 315 g/mol. The van der Waals surface area contributed by atoms with E-state index in [4.69, 9.17) is 0 Å². The molecule has 0 N–H and O–H groups in total. The van der Waals surface area contributed by atoms with Crippen molar-refractivity contribution in [2.24, 2.45) is 0 Å². The molecule has 0 spiro atoms. The highest BCUT2D eigenvalue weighted by atomic mass is 28.3. The van der Waals surface area contributed by atoms with E-state index in [1.165, 1.54) is 16.4 Å². The second-order valence-corrected chi connectivity index (χ2v) is 13.1. The van der Waals surface area contributed by atoms with Gasteiger partial charge in [0, 0.05) is 0 Å². The van der Waals surface area contributed by atoms with Gasteiger partial charge in [-0.2, -0.15) is 0 Å². The molecule has 0 heterocycles. The first-order valence-corrected chi connectivity index (χ1v) is 12.0. The van der Waals surface area contributed by atoms with Gasteiger partial charge in [-0.3, -0.25) is 0 Å². The molecule has 0 radical (unpaired) electrons. The van der Waals surface area contributed by atoms with Crippen LogP contribution in [0.2, 0.25) is 19.6 Å². The Bertz CT molecular complexity index is 649. The summed E-state index contributed by atoms with van der Waals surface area (Å²) < 4.78 is 0. The highest BCUT2D eigenvalue weighted by Gasteiger charge is 2.40. The van der Waals surface area contributed by atoms with Gasteiger partial charge in [-0.05, 0) is 0 Å². The van der Waals surface area contributed by atoms with E-state index in [0.717, 1.165) is 0 Å². The minimum Gasteiger partial charge on any atom is -0.202 e. The maximum Gasteiger partial charge on any atom is 0.0822 e. The third-order valence-corrected chi connectivity index (χ3v) is 8.80. The summed E-state index contributed by atoms with van der Waals surface area (Å²) in [5.74, 6) is 0. The predicted molar refractivity (Wildman–Crippen MR) is 107 cm³/mol. The van der Waals surface area contributed by atoms with Gasteiger partial charge in [-0.1, -0.05) is 119 Å². The second kappa shape index (κ2) is 6.21. The van der Waals surface area contributed by atoms with Crippen LogP contribution in [0.15, 0.2) is 91.0 Å². The van der Waals surface area contributed by atoms with E-state index in [0.29, 0.717) is 0 Å². The molecule has 0 aliphatic heterocycles. The van der Waals surface area contributed by atoms with Gasteiger partial charge in [0.05, 0.1) is 5.74 Å². The van der Waals surface area contributed by atoms with E-state index in [1.54, 1.807) is 0 Å². The van der Waals surface area contributed by atoms with Crippen molar-refractivity contribution < 1.29 is 0 Å². The predicted octanol–water partition coefficient (Wildman–Crippen LogP) is 3.57. The van der Waals surface area contributed by atoms with E-state index >= 15 is 0 Å². The van der Waals surface area contributed by atoms with Crippen molar-refractivity contribution in [3.05, 3.63) is 91.0 Å². The van der Waals surface area contributed by atoms with Crippen LogP contribution >= 0.6 is 0 Å². The number of hydrogen-bond donors (Lipinski definition) is 0. The molecule has 3 aromatic rings. The lowest BCUT2D eigenvalue weighted by molar-refractivity contribution is 1.67. The van der Waals surface area contributed by atoms with Gasteiger partial charge in [-0.15, -0.1) is 0 Å². The fourth-order valence-corrected chi connectivity index (χ4v) is 7.88. The molecule has 0 aliphatic rings. The van der Waals surface area contributed by atoms with Crippen molar-refractivity contribution >= 4 is 30.1 Å². The molecule has 0 atom stereocenters. The quantitative estimate of drug-likeness (QED) is 0.646. The molecule has 0 aromatic heterocycles. The van der Waals surface area contributed by atoms with Gasteiger partial charge >= 0.3 is 0 Å². The molecule has 116 valence electrons. The first-order chi connectivity index (χ1) is 11.1. The second-order valence-electron chi connectivity index (χ2n) is 7.46. The van der Waals surface area contributed by atoms with E-state index in [1.807, 2.05) is 0 Å². The average molecular weight is 315 g/mol. The maximum atomic E-state index is 2.50. The Balaban J connectivity index is 2.41. The van der Waals surface area contributed by atoms with Gasteiger partial charge < -0.3 is 0 Å². The van der Waals surface area contributed by atoms with Crippen molar-refractivity contribution in [1.82, 2.24) is 0 Å². The van der Waals surface area contributed by atoms with Crippen molar-refractivity contribution in [2.75, 3.05) is 0 Å². The first-order valence-electron chi connectivity index (χ1n) is 8.39. The summed E-state index contributed by atoms with van der Waals surface area (Å²) in [7, 11) is -1.60. The zero-order chi connectivity index (χ0) is 16.3. The van der Waals surface area contributed by atoms with E-state index < -0.39 is 13.7 Å². The van der Waals surface area contributed by atoms with Crippen LogP contribution in [0.3, 0.4) is 0 Å². The van der Waals surface area contributed by atoms with Crippen LogP contribution in [0.25, 0.3) is 0 Å². The summed E-state index contributed by atoms with van der Waals surface area (Å²) >= 11 is 0. The summed E-state index contributed by atoms with van der Waals surface area (Å²) in [4.78, 5) is 0. The van der Waals surface area contributed by atoms with Gasteiger partial charge in [0.25, 0.3) is 0 Å². The molecular weight excluding hydrogens is 291 g/mol. The van der Waals surface area contributed by atoms with Gasteiger partial charge in [-0.25, -0.2) is 16.4 Å². The third-order valence-electron chi connectivity index (χ3n) is 5.20. The van der Waals surface area contributed by atoms with Gasteiger partial charge in [0.2, 0.25) is 0 Å². The molecule has 0 amide bonds. The van der Waals surface area contributed by atoms with Gasteiger partial charge in [0.15, 0.2) is 0 Å². The van der Waals surface area contributed by atoms with Gasteiger partial charge in [0.1, 0.15) is 0 Å². The number of hydrogen-bond acceptors (Lipinski definition) is 0. The summed E-state index contributed by atoms with van der Waals surface area (Å²) in [6.45, 7) is 7.50. The topological polar surface area (TPSA) is 0 Å². The Hall–Kier alpha value is -2.06. The Kier molecular flexibility index (Phi) is 4.27. The van der Waals surface area contributed by atoms with Crippen molar-refractivity contribution in [2.45, 2.75) is 19.6 Å². The zero-order valence-electron chi connectivity index (χ0n) is 14.2. The van der Waals surface area contributed by atoms with Crippen LogP contribution in [-0.2, 0) is 0 Å². The fourth-order valence-electron chi connectivity index (χ4n) is 4.30. The Morgan fingerprint density at radius 2 is 0.739 bits per heavy atom. The highest BCUT2D eigenvalue weighted by Crippen LogP contribution is 2.20. The van der Waals surface area contributed by atoms with E-state index in [9.17, 15) is 0 Å². The smallest absolute Gasteiger partial charge is 0.0822 e. The lowest BCUT2D eigenvalue weighted by atomic mass is 9.34. The number of rotatable bonds is 4. The standard InChI is InChI=1S/C21H24BSi/c1-23(2,3)22(19-13-7-4-8-14-19,20-15-9-5-10-16-20)21-17-11-6-12-18-21/h4-18H,1-3H3/q-1. The normalized spacial score (nSPS) is 12.1. The summed E-state index contributed by atoms with van der Waals surface area (Å²) in [5, 5.41) is 0. The summed E-state index contributed by atoms with van der Waals surface area (Å²) in [6, 6.07) is 33.3. The average Bonchev–Trinajstić information content (AvgIpc) is 2.57. The molecule has 3 rings (SSSR count). The molecule has 0 saturated heterocycles. The molecule has 0 bridgehead atoms. The maximum absolute atomic E-state index is 2.50. The largest absolute Gasteiger partial charge is 0.202 e. The molecule has 0 nitrogen and oxygen atoms in total. The van der Waals surface area contributed by atoms with Crippen LogP contribution in [0.1, 0.15) is 0 Å². The molecule has 23 heavy (non-hydrogen) atoms. The van der Waals surface area contributed by atoms with E-state index in [2.05, 4.69) is 111 Å². The van der Waals surface area contributed by atoms with Crippen molar-refractivity contribution in [1.29, 1.82) is 0 Å². The number of benzene rings is 3. The molecule has 2 heteroatoms. The highest BCUT2D eigenvalue weighted by molar-refractivity contribution is 7.55. The third kappa shape index (κ3) is 2.68. The molecule has 0 unspecified atom stereocenters. The van der Waals surface area contributed by atoms with Crippen LogP contribution in [-0.4, -0.2) is 13.7 Å². The molecule has 3 aromatic carbocycles.